The van der Waals surface area contributed by atoms with Gasteiger partial charge >= 0.3 is 0 Å². The standard InChI is InChI=1S/C18H22FN5O/c1-11(2)10-14-17-21-16(12-5-6-12)22-24(17)9-8-23(14)18(25)15-13(19)4-3-7-20-15/h3-4,7,11-12,14H,5-6,8-10H2,1-2H3/t14-/m0/s1. The van der Waals surface area contributed by atoms with E-state index < -0.39 is 5.82 Å². The van der Waals surface area contributed by atoms with Crippen molar-refractivity contribution >= 4 is 5.91 Å². The van der Waals surface area contributed by atoms with Crippen molar-refractivity contribution in [2.75, 3.05) is 6.54 Å². The zero-order chi connectivity index (χ0) is 17.6. The van der Waals surface area contributed by atoms with E-state index in [0.717, 1.165) is 30.9 Å². The summed E-state index contributed by atoms with van der Waals surface area (Å²) in [6.45, 7) is 5.30. The third kappa shape index (κ3) is 3.03. The predicted molar refractivity (Wildman–Crippen MR) is 89.4 cm³/mol. The number of aromatic nitrogens is 4. The number of hydrogen-bond acceptors (Lipinski definition) is 4. The largest absolute Gasteiger partial charge is 0.325 e. The first-order valence-electron chi connectivity index (χ1n) is 8.90. The normalized spacial score (nSPS) is 20.0. The molecule has 25 heavy (non-hydrogen) atoms. The molecule has 1 amide bonds. The summed E-state index contributed by atoms with van der Waals surface area (Å²) in [5, 5.41) is 4.63. The van der Waals surface area contributed by atoms with Gasteiger partial charge in [-0.15, -0.1) is 0 Å². The Morgan fingerprint density at radius 2 is 2.16 bits per heavy atom. The van der Waals surface area contributed by atoms with Crippen molar-refractivity contribution < 1.29 is 9.18 Å². The number of halogens is 1. The summed E-state index contributed by atoms with van der Waals surface area (Å²) in [7, 11) is 0. The number of pyridine rings is 1. The van der Waals surface area contributed by atoms with Crippen LogP contribution in [0.3, 0.4) is 0 Å². The molecule has 0 saturated heterocycles. The van der Waals surface area contributed by atoms with Gasteiger partial charge in [-0.25, -0.2) is 19.0 Å². The SMILES string of the molecule is CC(C)C[C@H]1c2nc(C3CC3)nn2CCN1C(=O)c1ncccc1F. The molecule has 1 atom stereocenters. The summed E-state index contributed by atoms with van der Waals surface area (Å²) in [4.78, 5) is 23.4. The quantitative estimate of drug-likeness (QED) is 0.856. The van der Waals surface area contributed by atoms with Gasteiger partial charge in [-0.3, -0.25) is 4.79 Å². The molecule has 0 spiro atoms. The molecule has 7 heteroatoms. The Morgan fingerprint density at radius 1 is 1.36 bits per heavy atom. The Morgan fingerprint density at radius 3 is 2.84 bits per heavy atom. The topological polar surface area (TPSA) is 63.9 Å². The highest BCUT2D eigenvalue weighted by molar-refractivity contribution is 5.92. The summed E-state index contributed by atoms with van der Waals surface area (Å²) in [6, 6.07) is 2.57. The van der Waals surface area contributed by atoms with Crippen LogP contribution in [-0.4, -0.2) is 37.1 Å². The molecule has 1 saturated carbocycles. The number of rotatable bonds is 4. The molecule has 1 fully saturated rings. The van der Waals surface area contributed by atoms with E-state index in [0.29, 0.717) is 24.9 Å². The fourth-order valence-electron chi connectivity index (χ4n) is 3.40. The van der Waals surface area contributed by atoms with Gasteiger partial charge in [0.15, 0.2) is 17.3 Å². The van der Waals surface area contributed by atoms with Crippen LogP contribution in [0, 0.1) is 11.7 Å². The molecule has 2 aliphatic rings. The third-order valence-electron chi connectivity index (χ3n) is 4.80. The maximum atomic E-state index is 14.1. The maximum Gasteiger partial charge on any atom is 0.276 e. The van der Waals surface area contributed by atoms with E-state index in [2.05, 4.69) is 23.9 Å². The Labute approximate surface area is 146 Å². The van der Waals surface area contributed by atoms with Crippen LogP contribution in [0.25, 0.3) is 0 Å². The van der Waals surface area contributed by atoms with Crippen LogP contribution in [-0.2, 0) is 6.54 Å². The molecule has 4 rings (SSSR count). The van der Waals surface area contributed by atoms with Crippen LogP contribution < -0.4 is 0 Å². The molecule has 1 aliphatic heterocycles. The van der Waals surface area contributed by atoms with E-state index in [1.165, 1.54) is 18.3 Å². The van der Waals surface area contributed by atoms with Gasteiger partial charge in [0.1, 0.15) is 5.82 Å². The number of carbonyl (C=O) groups is 1. The van der Waals surface area contributed by atoms with Gasteiger partial charge in [-0.2, -0.15) is 5.10 Å². The summed E-state index contributed by atoms with van der Waals surface area (Å²) in [5.41, 5.74) is -0.119. The van der Waals surface area contributed by atoms with Gasteiger partial charge in [0.05, 0.1) is 12.6 Å². The average Bonchev–Trinajstić information content (AvgIpc) is 3.34. The summed E-state index contributed by atoms with van der Waals surface area (Å²) >= 11 is 0. The number of nitrogens with zero attached hydrogens (tertiary/aromatic N) is 5. The van der Waals surface area contributed by atoms with E-state index in [-0.39, 0.29) is 17.6 Å². The lowest BCUT2D eigenvalue weighted by atomic mass is 9.99. The lowest BCUT2D eigenvalue weighted by Gasteiger charge is -2.35. The van der Waals surface area contributed by atoms with Crippen molar-refractivity contribution in [2.24, 2.45) is 5.92 Å². The number of carbonyl (C=O) groups excluding carboxylic acids is 1. The van der Waals surface area contributed by atoms with Crippen LogP contribution in [0.5, 0.6) is 0 Å². The van der Waals surface area contributed by atoms with E-state index in [1.54, 1.807) is 4.90 Å². The minimum Gasteiger partial charge on any atom is -0.325 e. The van der Waals surface area contributed by atoms with Gasteiger partial charge in [-0.05, 0) is 37.3 Å². The van der Waals surface area contributed by atoms with Gasteiger partial charge in [-0.1, -0.05) is 13.8 Å². The average molecular weight is 343 g/mol. The van der Waals surface area contributed by atoms with Crippen molar-refractivity contribution in [2.45, 2.75) is 51.6 Å². The van der Waals surface area contributed by atoms with Crippen LogP contribution in [0.15, 0.2) is 18.3 Å². The smallest absolute Gasteiger partial charge is 0.276 e. The van der Waals surface area contributed by atoms with Crippen LogP contribution in [0.2, 0.25) is 0 Å². The molecule has 0 unspecified atom stereocenters. The predicted octanol–water partition coefficient (Wildman–Crippen LogP) is 2.93. The molecule has 0 radical (unpaired) electrons. The minimum absolute atomic E-state index is 0.119. The zero-order valence-corrected chi connectivity index (χ0v) is 14.5. The lowest BCUT2D eigenvalue weighted by molar-refractivity contribution is 0.0567. The number of hydrogen-bond donors (Lipinski definition) is 0. The van der Waals surface area contributed by atoms with Crippen molar-refractivity contribution in [1.29, 1.82) is 0 Å². The molecule has 0 bridgehead atoms. The Kier molecular flexibility index (Phi) is 4.01. The van der Waals surface area contributed by atoms with Crippen LogP contribution in [0.1, 0.15) is 67.2 Å². The third-order valence-corrected chi connectivity index (χ3v) is 4.80. The molecule has 2 aromatic heterocycles. The van der Waals surface area contributed by atoms with Crippen LogP contribution >= 0.6 is 0 Å². The first-order chi connectivity index (χ1) is 12.0. The second-order valence-corrected chi connectivity index (χ2v) is 7.30. The summed E-state index contributed by atoms with van der Waals surface area (Å²) in [6.07, 6.45) is 4.49. The van der Waals surface area contributed by atoms with Crippen molar-refractivity contribution in [1.82, 2.24) is 24.6 Å². The first kappa shape index (κ1) is 16.2. The minimum atomic E-state index is -0.582. The molecule has 2 aromatic rings. The molecule has 1 aliphatic carbocycles. The highest BCUT2D eigenvalue weighted by atomic mass is 19.1. The van der Waals surface area contributed by atoms with Crippen molar-refractivity contribution in [3.8, 4) is 0 Å². The van der Waals surface area contributed by atoms with E-state index in [1.807, 2.05) is 4.68 Å². The maximum absolute atomic E-state index is 14.1. The fourth-order valence-corrected chi connectivity index (χ4v) is 3.40. The second kappa shape index (κ2) is 6.20. The fraction of sp³-hybridized carbons (Fsp3) is 0.556. The number of amides is 1. The second-order valence-electron chi connectivity index (χ2n) is 7.30. The van der Waals surface area contributed by atoms with E-state index in [9.17, 15) is 9.18 Å². The van der Waals surface area contributed by atoms with Crippen LogP contribution in [0.4, 0.5) is 4.39 Å². The Hall–Kier alpha value is -2.31. The molecule has 3 heterocycles. The number of fused-ring (bicyclic) bond motifs is 1. The molecular weight excluding hydrogens is 321 g/mol. The first-order valence-corrected chi connectivity index (χ1v) is 8.90. The molecular formula is C18H22FN5O. The van der Waals surface area contributed by atoms with Crippen molar-refractivity contribution in [3.05, 3.63) is 41.5 Å². The Bertz CT molecular complexity index is 799. The Balaban J connectivity index is 1.69. The van der Waals surface area contributed by atoms with Crippen molar-refractivity contribution in [3.63, 3.8) is 0 Å². The van der Waals surface area contributed by atoms with Gasteiger partial charge in [0, 0.05) is 18.7 Å². The summed E-state index contributed by atoms with van der Waals surface area (Å²) in [5.74, 6) is 1.61. The van der Waals surface area contributed by atoms with Gasteiger partial charge < -0.3 is 4.90 Å². The molecule has 132 valence electrons. The molecule has 6 nitrogen and oxygen atoms in total. The molecule has 0 aromatic carbocycles. The monoisotopic (exact) mass is 343 g/mol. The highest BCUT2D eigenvalue weighted by Crippen LogP contribution is 2.40. The van der Waals surface area contributed by atoms with E-state index >= 15 is 0 Å². The highest BCUT2D eigenvalue weighted by Gasteiger charge is 2.38. The van der Waals surface area contributed by atoms with Gasteiger partial charge in [0.25, 0.3) is 5.91 Å². The molecule has 0 N–H and O–H groups in total. The van der Waals surface area contributed by atoms with E-state index in [4.69, 9.17) is 4.98 Å². The zero-order valence-electron chi connectivity index (χ0n) is 14.5. The van der Waals surface area contributed by atoms with Gasteiger partial charge in [0.2, 0.25) is 0 Å². The lowest BCUT2D eigenvalue weighted by Crippen LogP contribution is -2.43. The summed E-state index contributed by atoms with van der Waals surface area (Å²) < 4.78 is 16.0.